The molecule has 1 N–H and O–H groups in total. The van der Waals surface area contributed by atoms with Crippen molar-refractivity contribution in [1.82, 2.24) is 24.7 Å². The zero-order chi connectivity index (χ0) is 18.8. The van der Waals surface area contributed by atoms with E-state index in [4.69, 9.17) is 4.52 Å². The Morgan fingerprint density at radius 1 is 1.30 bits per heavy atom. The summed E-state index contributed by atoms with van der Waals surface area (Å²) in [5.74, 6) is 0.359. The normalized spacial score (nSPS) is 25.0. The van der Waals surface area contributed by atoms with Crippen LogP contribution in [0.5, 0.6) is 0 Å². The van der Waals surface area contributed by atoms with Crippen molar-refractivity contribution in [3.05, 3.63) is 29.6 Å². The molecule has 1 aromatic heterocycles. The highest BCUT2D eigenvalue weighted by atomic mass is 32.2. The number of aromatic nitrogens is 2. The van der Waals surface area contributed by atoms with E-state index >= 15 is 0 Å². The number of carbonyl (C=O) groups is 1. The van der Waals surface area contributed by atoms with Gasteiger partial charge in [0.25, 0.3) is 21.8 Å². The smallest absolute Gasteiger partial charge is 0.269 e. The molecule has 3 heterocycles. The second-order valence-corrected chi connectivity index (χ2v) is 8.99. The third-order valence-corrected chi connectivity index (χ3v) is 7.20. The number of hydrogen-bond donors (Lipinski definition) is 1. The Labute approximate surface area is 156 Å². The van der Waals surface area contributed by atoms with Crippen LogP contribution >= 0.6 is 0 Å². The van der Waals surface area contributed by atoms with Crippen molar-refractivity contribution in [1.29, 1.82) is 0 Å². The van der Waals surface area contributed by atoms with E-state index in [1.807, 2.05) is 7.05 Å². The monoisotopic (exact) mass is 389 g/mol. The van der Waals surface area contributed by atoms with Gasteiger partial charge in [0.1, 0.15) is 4.90 Å². The van der Waals surface area contributed by atoms with E-state index in [0.717, 1.165) is 36.8 Å². The second kappa shape index (κ2) is 5.85. The molecule has 0 spiro atoms. The van der Waals surface area contributed by atoms with Gasteiger partial charge in [-0.25, -0.2) is 12.7 Å². The summed E-state index contributed by atoms with van der Waals surface area (Å²) in [5.41, 5.74) is 0.703. The summed E-state index contributed by atoms with van der Waals surface area (Å²) >= 11 is 0. The number of likely N-dealkylation sites (N-methyl/N-ethyl adjacent to an activating group) is 1. The molecular weight excluding hydrogens is 370 g/mol. The summed E-state index contributed by atoms with van der Waals surface area (Å²) in [6.45, 7) is 2.51. The van der Waals surface area contributed by atoms with Gasteiger partial charge in [-0.15, -0.1) is 0 Å². The van der Waals surface area contributed by atoms with Crippen LogP contribution in [0.3, 0.4) is 0 Å². The van der Waals surface area contributed by atoms with Crippen LogP contribution in [0.2, 0.25) is 0 Å². The van der Waals surface area contributed by atoms with Crippen molar-refractivity contribution in [3.8, 4) is 11.5 Å². The fraction of sp³-hybridized carbons (Fsp3) is 0.471. The molecule has 0 radical (unpaired) electrons. The standard InChI is InChI=1S/C17H19N5O4S/c1-21-7-6-18-9-13(21)15-19-16(26-20-15)10-2-5-12-14(8-10)27(24,25)22(17(12)23)11-3-4-11/h2,5,8,11,13,18H,3-4,6-7,9H2,1H3. The number of carbonyl (C=O) groups excluding carboxylic acids is 1. The molecule has 2 aromatic rings. The van der Waals surface area contributed by atoms with Crippen LogP contribution in [0.1, 0.15) is 35.1 Å². The maximum absolute atomic E-state index is 12.8. The number of rotatable bonds is 3. The van der Waals surface area contributed by atoms with Crippen LogP contribution in [0.4, 0.5) is 0 Å². The molecule has 2 aliphatic heterocycles. The van der Waals surface area contributed by atoms with E-state index in [0.29, 0.717) is 11.4 Å². The molecule has 1 saturated carbocycles. The van der Waals surface area contributed by atoms with Crippen molar-refractivity contribution >= 4 is 15.9 Å². The summed E-state index contributed by atoms with van der Waals surface area (Å²) in [4.78, 5) is 19.1. The van der Waals surface area contributed by atoms with Gasteiger partial charge in [0, 0.05) is 31.2 Å². The maximum Gasteiger partial charge on any atom is 0.269 e. The van der Waals surface area contributed by atoms with E-state index < -0.39 is 15.9 Å². The minimum atomic E-state index is -3.81. The molecule has 9 nitrogen and oxygen atoms in total. The molecule has 27 heavy (non-hydrogen) atoms. The van der Waals surface area contributed by atoms with Gasteiger partial charge in [-0.2, -0.15) is 4.98 Å². The lowest BCUT2D eigenvalue weighted by Gasteiger charge is -2.30. The number of benzene rings is 1. The number of sulfonamides is 1. The van der Waals surface area contributed by atoms with Crippen molar-refractivity contribution in [2.24, 2.45) is 0 Å². The minimum absolute atomic E-state index is 0.00125. The Bertz CT molecular complexity index is 1030. The predicted molar refractivity (Wildman–Crippen MR) is 94.4 cm³/mol. The van der Waals surface area contributed by atoms with Crippen molar-refractivity contribution in [3.63, 3.8) is 0 Å². The summed E-state index contributed by atoms with van der Waals surface area (Å²) < 4.78 is 32.0. The third kappa shape index (κ3) is 2.59. The van der Waals surface area contributed by atoms with Gasteiger partial charge in [-0.05, 0) is 38.1 Å². The highest BCUT2D eigenvalue weighted by Gasteiger charge is 2.48. The number of amides is 1. The number of nitrogens with zero attached hydrogens (tertiary/aromatic N) is 4. The molecule has 1 unspecified atom stereocenters. The van der Waals surface area contributed by atoms with Gasteiger partial charge < -0.3 is 9.84 Å². The number of piperazine rings is 1. The first kappa shape index (κ1) is 16.8. The average molecular weight is 389 g/mol. The molecule has 1 saturated heterocycles. The van der Waals surface area contributed by atoms with Crippen molar-refractivity contribution in [2.45, 2.75) is 29.8 Å². The highest BCUT2D eigenvalue weighted by Crippen LogP contribution is 2.40. The molecule has 1 aliphatic carbocycles. The maximum atomic E-state index is 12.8. The third-order valence-electron chi connectivity index (χ3n) is 5.33. The quantitative estimate of drug-likeness (QED) is 0.814. The SMILES string of the molecule is CN1CCNCC1c1noc(-c2ccc3c(c2)S(=O)(=O)N(C2CC2)C3=O)n1. The number of nitrogens with one attached hydrogen (secondary N) is 1. The molecule has 10 heteroatoms. The molecule has 1 atom stereocenters. The van der Waals surface area contributed by atoms with E-state index in [9.17, 15) is 13.2 Å². The fourth-order valence-electron chi connectivity index (χ4n) is 3.63. The van der Waals surface area contributed by atoms with Gasteiger partial charge in [0.2, 0.25) is 0 Å². The van der Waals surface area contributed by atoms with Crippen LogP contribution < -0.4 is 5.32 Å². The average Bonchev–Trinajstić information content (AvgIpc) is 3.31. The molecular formula is C17H19N5O4S. The first-order valence-electron chi connectivity index (χ1n) is 8.94. The van der Waals surface area contributed by atoms with Crippen molar-refractivity contribution < 1.29 is 17.7 Å². The summed E-state index contributed by atoms with van der Waals surface area (Å²) in [7, 11) is -1.81. The molecule has 2 fully saturated rings. The molecule has 142 valence electrons. The Morgan fingerprint density at radius 2 is 2.11 bits per heavy atom. The first-order chi connectivity index (χ1) is 13.0. The van der Waals surface area contributed by atoms with Gasteiger partial charge in [0.15, 0.2) is 5.82 Å². The van der Waals surface area contributed by atoms with Crippen LogP contribution in [-0.4, -0.2) is 66.4 Å². The Kier molecular flexibility index (Phi) is 3.65. The van der Waals surface area contributed by atoms with E-state index in [1.165, 1.54) is 12.1 Å². The summed E-state index contributed by atoms with van der Waals surface area (Å²) in [5, 5.41) is 7.37. The van der Waals surface area contributed by atoms with Gasteiger partial charge >= 0.3 is 0 Å². The molecule has 1 amide bonds. The van der Waals surface area contributed by atoms with Gasteiger partial charge in [0.05, 0.1) is 11.6 Å². The van der Waals surface area contributed by atoms with Gasteiger partial charge in [-0.1, -0.05) is 5.16 Å². The van der Waals surface area contributed by atoms with Crippen LogP contribution in [0, 0.1) is 0 Å². The van der Waals surface area contributed by atoms with Crippen LogP contribution in [0.25, 0.3) is 11.5 Å². The Morgan fingerprint density at radius 3 is 2.85 bits per heavy atom. The largest absolute Gasteiger partial charge is 0.334 e. The van der Waals surface area contributed by atoms with Gasteiger partial charge in [-0.3, -0.25) is 9.69 Å². The molecule has 3 aliphatic rings. The topological polar surface area (TPSA) is 109 Å². The predicted octanol–water partition coefficient (Wildman–Crippen LogP) is 0.620. The van der Waals surface area contributed by atoms with E-state index in [1.54, 1.807) is 6.07 Å². The Balaban J connectivity index is 1.50. The first-order valence-corrected chi connectivity index (χ1v) is 10.4. The minimum Gasteiger partial charge on any atom is -0.334 e. The number of hydrogen-bond acceptors (Lipinski definition) is 8. The molecule has 1 aromatic carbocycles. The van der Waals surface area contributed by atoms with Crippen LogP contribution in [0.15, 0.2) is 27.6 Å². The summed E-state index contributed by atoms with van der Waals surface area (Å²) in [6.07, 6.45) is 1.45. The fourth-order valence-corrected chi connectivity index (χ4v) is 5.47. The second-order valence-electron chi connectivity index (χ2n) is 7.21. The molecule has 0 bridgehead atoms. The lowest BCUT2D eigenvalue weighted by molar-refractivity contribution is 0.0865. The zero-order valence-electron chi connectivity index (χ0n) is 14.8. The van der Waals surface area contributed by atoms with E-state index in [-0.39, 0.29) is 28.4 Å². The van der Waals surface area contributed by atoms with Crippen molar-refractivity contribution in [2.75, 3.05) is 26.7 Å². The van der Waals surface area contributed by atoms with Crippen LogP contribution in [-0.2, 0) is 10.0 Å². The lowest BCUT2D eigenvalue weighted by atomic mass is 10.1. The molecule has 5 rings (SSSR count). The highest BCUT2D eigenvalue weighted by molar-refractivity contribution is 7.90. The summed E-state index contributed by atoms with van der Waals surface area (Å²) in [6, 6.07) is 4.45. The number of fused-ring (bicyclic) bond motifs is 1. The lowest BCUT2D eigenvalue weighted by Crippen LogP contribution is -2.44. The van der Waals surface area contributed by atoms with E-state index in [2.05, 4.69) is 20.4 Å². The Hall–Kier alpha value is -2.30. The zero-order valence-corrected chi connectivity index (χ0v) is 15.6.